The third-order valence-corrected chi connectivity index (χ3v) is 5.14. The number of hydrogen-bond acceptors (Lipinski definition) is 3. The van der Waals surface area contributed by atoms with Crippen LogP contribution in [-0.2, 0) is 0 Å². The van der Waals surface area contributed by atoms with Gasteiger partial charge >= 0.3 is 0 Å². The third kappa shape index (κ3) is 3.94. The van der Waals surface area contributed by atoms with Gasteiger partial charge in [0, 0.05) is 38.0 Å². The Labute approximate surface area is 105 Å². The average Bonchev–Trinajstić information content (AvgIpc) is 3.11. The van der Waals surface area contributed by atoms with Gasteiger partial charge in [-0.2, -0.15) is 0 Å². The van der Waals surface area contributed by atoms with Crippen molar-refractivity contribution in [3.05, 3.63) is 0 Å². The zero-order valence-electron chi connectivity index (χ0n) is 10.8. The van der Waals surface area contributed by atoms with Crippen LogP contribution in [0, 0.1) is 5.92 Å². The van der Waals surface area contributed by atoms with Crippen LogP contribution in [0.5, 0.6) is 0 Å². The molecule has 2 aliphatic rings. The predicted octanol–water partition coefficient (Wildman–Crippen LogP) is 2.85. The molecule has 2 nitrogen and oxygen atoms in total. The summed E-state index contributed by atoms with van der Waals surface area (Å²) >= 11 is 2.10. The summed E-state index contributed by atoms with van der Waals surface area (Å²) < 4.78 is 2.59. The van der Waals surface area contributed by atoms with Gasteiger partial charge in [0.05, 0.1) is 0 Å². The molecular formula is C13H26N2S. The molecule has 1 heterocycles. The Morgan fingerprint density at radius 1 is 1.19 bits per heavy atom. The average molecular weight is 242 g/mol. The van der Waals surface area contributed by atoms with Gasteiger partial charge in [0.25, 0.3) is 0 Å². The summed E-state index contributed by atoms with van der Waals surface area (Å²) in [6, 6.07) is 0.792. The summed E-state index contributed by atoms with van der Waals surface area (Å²) in [5, 5.41) is 0. The fourth-order valence-corrected chi connectivity index (χ4v) is 3.55. The van der Waals surface area contributed by atoms with Crippen molar-refractivity contribution in [2.75, 3.05) is 31.9 Å². The van der Waals surface area contributed by atoms with Gasteiger partial charge in [-0.05, 0) is 32.1 Å². The van der Waals surface area contributed by atoms with Crippen molar-refractivity contribution in [2.45, 2.75) is 45.6 Å². The van der Waals surface area contributed by atoms with Crippen molar-refractivity contribution < 1.29 is 0 Å². The maximum atomic E-state index is 2.66. The molecule has 0 aromatic heterocycles. The molecule has 94 valence electrons. The van der Waals surface area contributed by atoms with Crippen molar-refractivity contribution in [1.29, 1.82) is 0 Å². The van der Waals surface area contributed by atoms with E-state index in [1.807, 2.05) is 0 Å². The van der Waals surface area contributed by atoms with E-state index in [0.29, 0.717) is 0 Å². The highest BCUT2D eigenvalue weighted by molar-refractivity contribution is 7.97. The summed E-state index contributed by atoms with van der Waals surface area (Å²) in [5.74, 6) is 2.44. The Kier molecular flexibility index (Phi) is 4.98. The van der Waals surface area contributed by atoms with Crippen LogP contribution >= 0.6 is 11.9 Å². The largest absolute Gasteiger partial charge is 0.298 e. The van der Waals surface area contributed by atoms with E-state index in [0.717, 1.165) is 12.0 Å². The number of nitrogens with zero attached hydrogens (tertiary/aromatic N) is 2. The first-order valence-electron chi connectivity index (χ1n) is 6.91. The van der Waals surface area contributed by atoms with Gasteiger partial charge < -0.3 is 0 Å². The molecule has 0 spiro atoms. The van der Waals surface area contributed by atoms with Crippen LogP contribution in [0.4, 0.5) is 0 Å². The zero-order valence-corrected chi connectivity index (χ0v) is 11.6. The molecule has 0 amide bonds. The minimum Gasteiger partial charge on any atom is -0.298 e. The van der Waals surface area contributed by atoms with E-state index < -0.39 is 0 Å². The minimum atomic E-state index is 0.792. The lowest BCUT2D eigenvalue weighted by Gasteiger charge is -2.37. The van der Waals surface area contributed by atoms with Crippen LogP contribution < -0.4 is 0 Å². The fourth-order valence-electron chi connectivity index (χ4n) is 2.37. The molecule has 3 heteroatoms. The van der Waals surface area contributed by atoms with Gasteiger partial charge in [-0.15, -0.1) is 0 Å². The lowest BCUT2D eigenvalue weighted by atomic mass is 10.1. The highest BCUT2D eigenvalue weighted by Crippen LogP contribution is 2.33. The smallest absolute Gasteiger partial charge is 0.0218 e. The molecule has 2 fully saturated rings. The quantitative estimate of drug-likeness (QED) is 0.661. The molecule has 1 aliphatic carbocycles. The first-order valence-corrected chi connectivity index (χ1v) is 7.85. The zero-order chi connectivity index (χ0) is 11.4. The Morgan fingerprint density at radius 3 is 2.44 bits per heavy atom. The molecule has 1 saturated heterocycles. The van der Waals surface area contributed by atoms with Crippen molar-refractivity contribution in [2.24, 2.45) is 5.92 Å². The Morgan fingerprint density at radius 2 is 1.88 bits per heavy atom. The maximum Gasteiger partial charge on any atom is 0.0218 e. The number of piperazine rings is 1. The molecular weight excluding hydrogens is 216 g/mol. The molecule has 2 rings (SSSR count). The van der Waals surface area contributed by atoms with E-state index in [2.05, 4.69) is 35.0 Å². The predicted molar refractivity (Wildman–Crippen MR) is 72.7 cm³/mol. The molecule has 1 atom stereocenters. The third-order valence-electron chi connectivity index (χ3n) is 3.79. The van der Waals surface area contributed by atoms with E-state index in [9.17, 15) is 0 Å². The molecule has 0 aromatic rings. The monoisotopic (exact) mass is 242 g/mol. The summed E-state index contributed by atoms with van der Waals surface area (Å²) in [4.78, 5) is 2.66. The topological polar surface area (TPSA) is 6.48 Å². The maximum absolute atomic E-state index is 2.66. The number of hydrogen-bond donors (Lipinski definition) is 0. The SMILES string of the molecule is CCCC(C)N1CCN(SCC2CC2)CC1. The van der Waals surface area contributed by atoms with Crippen molar-refractivity contribution in [3.63, 3.8) is 0 Å². The number of rotatable bonds is 6. The van der Waals surface area contributed by atoms with Crippen molar-refractivity contribution in [3.8, 4) is 0 Å². The first-order chi connectivity index (χ1) is 7.79. The second-order valence-electron chi connectivity index (χ2n) is 5.34. The van der Waals surface area contributed by atoms with Gasteiger partial charge in [-0.25, -0.2) is 4.31 Å². The summed E-state index contributed by atoms with van der Waals surface area (Å²) in [6.07, 6.45) is 5.65. The molecule has 16 heavy (non-hydrogen) atoms. The first kappa shape index (κ1) is 12.7. The molecule has 1 unspecified atom stereocenters. The van der Waals surface area contributed by atoms with Crippen LogP contribution in [-0.4, -0.2) is 47.2 Å². The van der Waals surface area contributed by atoms with Crippen LogP contribution in [0.3, 0.4) is 0 Å². The van der Waals surface area contributed by atoms with Crippen LogP contribution in [0.25, 0.3) is 0 Å². The van der Waals surface area contributed by atoms with Crippen molar-refractivity contribution in [1.82, 2.24) is 9.21 Å². The van der Waals surface area contributed by atoms with Crippen LogP contribution in [0.1, 0.15) is 39.5 Å². The van der Waals surface area contributed by atoms with Gasteiger partial charge in [0.2, 0.25) is 0 Å². The highest BCUT2D eigenvalue weighted by Gasteiger charge is 2.25. The van der Waals surface area contributed by atoms with E-state index >= 15 is 0 Å². The van der Waals surface area contributed by atoms with Gasteiger partial charge in [-0.3, -0.25) is 4.90 Å². The molecule has 0 bridgehead atoms. The highest BCUT2D eigenvalue weighted by atomic mass is 32.2. The molecule has 1 saturated carbocycles. The van der Waals surface area contributed by atoms with E-state index in [-0.39, 0.29) is 0 Å². The van der Waals surface area contributed by atoms with E-state index in [1.165, 1.54) is 57.6 Å². The van der Waals surface area contributed by atoms with Gasteiger partial charge in [-0.1, -0.05) is 25.3 Å². The molecule has 0 aromatic carbocycles. The van der Waals surface area contributed by atoms with Crippen molar-refractivity contribution >= 4 is 11.9 Å². The van der Waals surface area contributed by atoms with E-state index in [4.69, 9.17) is 0 Å². The summed E-state index contributed by atoms with van der Waals surface area (Å²) in [7, 11) is 0. The minimum absolute atomic E-state index is 0.792. The van der Waals surface area contributed by atoms with Crippen LogP contribution in [0.2, 0.25) is 0 Å². The Hall–Kier alpha value is 0.270. The molecule has 0 radical (unpaired) electrons. The summed E-state index contributed by atoms with van der Waals surface area (Å²) in [6.45, 7) is 9.77. The summed E-state index contributed by atoms with van der Waals surface area (Å²) in [5.41, 5.74) is 0. The lowest BCUT2D eigenvalue weighted by molar-refractivity contribution is 0.144. The second-order valence-corrected chi connectivity index (χ2v) is 6.45. The normalized spacial score (nSPS) is 25.9. The molecule has 1 aliphatic heterocycles. The second kappa shape index (κ2) is 6.27. The molecule has 0 N–H and O–H groups in total. The van der Waals surface area contributed by atoms with Gasteiger partial charge in [0.15, 0.2) is 0 Å². The van der Waals surface area contributed by atoms with Gasteiger partial charge in [0.1, 0.15) is 0 Å². The fraction of sp³-hybridized carbons (Fsp3) is 1.00. The lowest BCUT2D eigenvalue weighted by Crippen LogP contribution is -2.47. The van der Waals surface area contributed by atoms with Crippen LogP contribution in [0.15, 0.2) is 0 Å². The standard InChI is InChI=1S/C13H26N2S/c1-3-4-12(2)14-7-9-15(10-8-14)16-11-13-5-6-13/h12-13H,3-11H2,1-2H3. The van der Waals surface area contributed by atoms with E-state index in [1.54, 1.807) is 0 Å². The Bertz CT molecular complexity index is 198. The Balaban J connectivity index is 1.61.